The minimum Gasteiger partial charge on any atom is -0.385 e. The first-order valence-corrected chi connectivity index (χ1v) is 8.71. The normalized spacial score (nSPS) is 10.9. The zero-order chi connectivity index (χ0) is 17.0. The van der Waals surface area contributed by atoms with Gasteiger partial charge in [-0.2, -0.15) is 0 Å². The third kappa shape index (κ3) is 19.3. The van der Waals surface area contributed by atoms with Crippen LogP contribution in [-0.2, 0) is 23.7 Å². The first kappa shape index (κ1) is 22.3. The Morgan fingerprint density at radius 2 is 1.26 bits per heavy atom. The Balaban J connectivity index is 3.13. The largest absolute Gasteiger partial charge is 0.385 e. The number of carbonyl (C=O) groups is 1. The molecule has 0 aromatic heterocycles. The van der Waals surface area contributed by atoms with E-state index in [-0.39, 0.29) is 5.91 Å². The van der Waals surface area contributed by atoms with Gasteiger partial charge >= 0.3 is 0 Å². The van der Waals surface area contributed by atoms with E-state index in [4.69, 9.17) is 18.9 Å². The molecule has 0 bridgehead atoms. The van der Waals surface area contributed by atoms with E-state index in [0.717, 1.165) is 25.9 Å². The number of hydrogen-bond acceptors (Lipinski definition) is 5. The van der Waals surface area contributed by atoms with Crippen LogP contribution in [0.5, 0.6) is 0 Å². The molecule has 6 heteroatoms. The standard InChI is InChI=1S/C17H35NO5/c1-20-11-8-6-4-3-5-7-9-17(19)18-10-12-22-15-16-23-14-13-21-2/h3-16H2,1-2H3,(H,18,19). The molecule has 0 aliphatic heterocycles. The van der Waals surface area contributed by atoms with Gasteiger partial charge in [0.15, 0.2) is 0 Å². The van der Waals surface area contributed by atoms with E-state index in [1.807, 2.05) is 0 Å². The van der Waals surface area contributed by atoms with Gasteiger partial charge in [0.1, 0.15) is 0 Å². The summed E-state index contributed by atoms with van der Waals surface area (Å²) in [7, 11) is 3.38. The van der Waals surface area contributed by atoms with Crippen LogP contribution in [0, 0.1) is 0 Å². The summed E-state index contributed by atoms with van der Waals surface area (Å²) in [4.78, 5) is 11.6. The number of hydrogen-bond donors (Lipinski definition) is 1. The number of amides is 1. The predicted molar refractivity (Wildman–Crippen MR) is 90.7 cm³/mol. The molecule has 0 saturated heterocycles. The third-order valence-electron chi connectivity index (χ3n) is 3.37. The molecule has 0 unspecified atom stereocenters. The number of unbranched alkanes of at least 4 members (excludes halogenated alkanes) is 5. The molecular formula is C17H35NO5. The van der Waals surface area contributed by atoms with E-state index in [9.17, 15) is 4.79 Å². The number of carbonyl (C=O) groups excluding carboxylic acids is 1. The average molecular weight is 333 g/mol. The van der Waals surface area contributed by atoms with Crippen molar-refractivity contribution in [1.29, 1.82) is 0 Å². The molecular weight excluding hydrogens is 298 g/mol. The maximum atomic E-state index is 11.6. The van der Waals surface area contributed by atoms with E-state index in [1.54, 1.807) is 14.2 Å². The molecule has 0 rings (SSSR count). The maximum absolute atomic E-state index is 11.6. The highest BCUT2D eigenvalue weighted by molar-refractivity contribution is 5.75. The lowest BCUT2D eigenvalue weighted by molar-refractivity contribution is -0.121. The van der Waals surface area contributed by atoms with Crippen LogP contribution < -0.4 is 5.32 Å². The lowest BCUT2D eigenvalue weighted by atomic mass is 10.1. The van der Waals surface area contributed by atoms with Crippen LogP contribution in [0.15, 0.2) is 0 Å². The molecule has 1 N–H and O–H groups in total. The Bertz CT molecular complexity index is 251. The number of ether oxygens (including phenoxy) is 4. The van der Waals surface area contributed by atoms with Crippen molar-refractivity contribution in [1.82, 2.24) is 5.32 Å². The zero-order valence-corrected chi connectivity index (χ0v) is 14.9. The van der Waals surface area contributed by atoms with Gasteiger partial charge in [-0.15, -0.1) is 0 Å². The summed E-state index contributed by atoms with van der Waals surface area (Å²) in [5.41, 5.74) is 0. The second-order valence-electron chi connectivity index (χ2n) is 5.43. The number of nitrogens with one attached hydrogen (secondary N) is 1. The van der Waals surface area contributed by atoms with Crippen LogP contribution in [0.2, 0.25) is 0 Å². The average Bonchev–Trinajstić information content (AvgIpc) is 2.56. The fourth-order valence-electron chi connectivity index (χ4n) is 2.05. The molecule has 6 nitrogen and oxygen atoms in total. The van der Waals surface area contributed by atoms with E-state index in [0.29, 0.717) is 46.0 Å². The Hall–Kier alpha value is -0.690. The molecule has 0 fully saturated rings. The SMILES string of the molecule is COCCCCCCCCC(=O)NCCOCCOCCOC. The molecule has 138 valence electrons. The van der Waals surface area contributed by atoms with Gasteiger partial charge in [0.05, 0.1) is 33.0 Å². The summed E-state index contributed by atoms with van der Waals surface area (Å²) in [6, 6.07) is 0. The molecule has 1 amide bonds. The summed E-state index contributed by atoms with van der Waals surface area (Å²) in [5.74, 6) is 0.115. The minimum absolute atomic E-state index is 0.115. The molecule has 0 aromatic carbocycles. The number of rotatable bonds is 18. The van der Waals surface area contributed by atoms with E-state index in [2.05, 4.69) is 5.32 Å². The highest BCUT2D eigenvalue weighted by atomic mass is 16.5. The minimum atomic E-state index is 0.115. The van der Waals surface area contributed by atoms with Gasteiger partial charge in [-0.25, -0.2) is 0 Å². The van der Waals surface area contributed by atoms with Crippen molar-refractivity contribution in [3.05, 3.63) is 0 Å². The third-order valence-corrected chi connectivity index (χ3v) is 3.37. The van der Waals surface area contributed by atoms with E-state index >= 15 is 0 Å². The maximum Gasteiger partial charge on any atom is 0.220 e. The smallest absolute Gasteiger partial charge is 0.220 e. The predicted octanol–water partition coefficient (Wildman–Crippen LogP) is 2.16. The second-order valence-corrected chi connectivity index (χ2v) is 5.43. The molecule has 0 aliphatic rings. The summed E-state index contributed by atoms with van der Waals surface area (Å²) in [6.45, 7) is 4.23. The quantitative estimate of drug-likeness (QED) is 0.389. The van der Waals surface area contributed by atoms with Gasteiger partial charge in [0.2, 0.25) is 5.91 Å². The second kappa shape index (κ2) is 19.4. The molecule has 0 spiro atoms. The van der Waals surface area contributed by atoms with Crippen LogP contribution in [0.3, 0.4) is 0 Å². The van der Waals surface area contributed by atoms with Gasteiger partial charge in [0.25, 0.3) is 0 Å². The van der Waals surface area contributed by atoms with Crippen LogP contribution in [0.4, 0.5) is 0 Å². The molecule has 0 heterocycles. The summed E-state index contributed by atoms with van der Waals surface area (Å²) < 4.78 is 20.5. The topological polar surface area (TPSA) is 66.0 Å². The molecule has 0 radical (unpaired) electrons. The molecule has 0 atom stereocenters. The number of methoxy groups -OCH3 is 2. The van der Waals surface area contributed by atoms with Crippen LogP contribution in [0.1, 0.15) is 44.9 Å². The molecule has 0 aromatic rings. The monoisotopic (exact) mass is 333 g/mol. The summed E-state index contributed by atoms with van der Waals surface area (Å²) in [6.07, 6.45) is 7.47. The highest BCUT2D eigenvalue weighted by Gasteiger charge is 2.00. The zero-order valence-electron chi connectivity index (χ0n) is 14.9. The fourth-order valence-corrected chi connectivity index (χ4v) is 2.05. The first-order valence-electron chi connectivity index (χ1n) is 8.71. The van der Waals surface area contributed by atoms with Gasteiger partial charge in [-0.1, -0.05) is 25.7 Å². The van der Waals surface area contributed by atoms with Gasteiger partial charge in [-0.05, 0) is 12.8 Å². The Kier molecular flexibility index (Phi) is 18.8. The Morgan fingerprint density at radius 3 is 1.96 bits per heavy atom. The first-order chi connectivity index (χ1) is 11.3. The molecule has 0 aliphatic carbocycles. The van der Waals surface area contributed by atoms with Gasteiger partial charge < -0.3 is 24.3 Å². The Morgan fingerprint density at radius 1 is 0.696 bits per heavy atom. The van der Waals surface area contributed by atoms with Gasteiger partial charge in [-0.3, -0.25) is 4.79 Å². The van der Waals surface area contributed by atoms with Crippen LogP contribution in [-0.4, -0.2) is 66.3 Å². The van der Waals surface area contributed by atoms with Crippen molar-refractivity contribution < 1.29 is 23.7 Å². The van der Waals surface area contributed by atoms with Gasteiger partial charge in [0, 0.05) is 33.8 Å². The summed E-state index contributed by atoms with van der Waals surface area (Å²) in [5, 5.41) is 2.87. The van der Waals surface area contributed by atoms with Crippen molar-refractivity contribution in [2.45, 2.75) is 44.9 Å². The van der Waals surface area contributed by atoms with Crippen molar-refractivity contribution in [3.63, 3.8) is 0 Å². The van der Waals surface area contributed by atoms with Crippen LogP contribution >= 0.6 is 0 Å². The lowest BCUT2D eigenvalue weighted by Gasteiger charge is -2.07. The molecule has 23 heavy (non-hydrogen) atoms. The summed E-state index contributed by atoms with van der Waals surface area (Å²) >= 11 is 0. The van der Waals surface area contributed by atoms with Crippen molar-refractivity contribution in [2.24, 2.45) is 0 Å². The Labute approximate surface area is 141 Å². The van der Waals surface area contributed by atoms with E-state index in [1.165, 1.54) is 19.3 Å². The lowest BCUT2D eigenvalue weighted by Crippen LogP contribution is -2.27. The van der Waals surface area contributed by atoms with E-state index < -0.39 is 0 Å². The van der Waals surface area contributed by atoms with Crippen molar-refractivity contribution >= 4 is 5.91 Å². The molecule has 0 saturated carbocycles. The fraction of sp³-hybridized carbons (Fsp3) is 0.941. The highest BCUT2D eigenvalue weighted by Crippen LogP contribution is 2.07. The van der Waals surface area contributed by atoms with Crippen molar-refractivity contribution in [2.75, 3.05) is 60.4 Å². The van der Waals surface area contributed by atoms with Crippen LogP contribution in [0.25, 0.3) is 0 Å². The van der Waals surface area contributed by atoms with Crippen molar-refractivity contribution in [3.8, 4) is 0 Å².